The van der Waals surface area contributed by atoms with Gasteiger partial charge in [-0.05, 0) is 35.9 Å². The fraction of sp³-hybridized carbons (Fsp3) is 0.105. The Morgan fingerprint density at radius 2 is 1.58 bits per heavy atom. The summed E-state index contributed by atoms with van der Waals surface area (Å²) >= 11 is 5.82. The molecule has 3 rings (SSSR count). The second-order valence-electron chi connectivity index (χ2n) is 5.36. The van der Waals surface area contributed by atoms with Gasteiger partial charge in [0.25, 0.3) is 0 Å². The van der Waals surface area contributed by atoms with Crippen LogP contribution in [-0.4, -0.2) is 4.98 Å². The van der Waals surface area contributed by atoms with E-state index in [0.29, 0.717) is 24.3 Å². The minimum absolute atomic E-state index is 0.0994. The highest BCUT2D eigenvalue weighted by Gasteiger charge is 2.31. The van der Waals surface area contributed by atoms with Crippen molar-refractivity contribution in [2.24, 2.45) is 0 Å². The standard InChI is InChI=1S/C19H13ClF3NO2/c20-17-10-14(19(21,22)23)11-24-18(17)26-16-8-6-15(7-9-16)25-12-13-4-2-1-3-5-13/h1-11H,12H2. The van der Waals surface area contributed by atoms with Gasteiger partial charge in [0.15, 0.2) is 0 Å². The van der Waals surface area contributed by atoms with Crippen LogP contribution >= 0.6 is 11.6 Å². The zero-order chi connectivity index (χ0) is 18.6. The normalized spacial score (nSPS) is 11.2. The van der Waals surface area contributed by atoms with Crippen LogP contribution in [0.4, 0.5) is 13.2 Å². The Morgan fingerprint density at radius 3 is 2.19 bits per heavy atom. The van der Waals surface area contributed by atoms with E-state index in [1.54, 1.807) is 24.3 Å². The summed E-state index contributed by atoms with van der Waals surface area (Å²) in [7, 11) is 0. The Morgan fingerprint density at radius 1 is 0.923 bits per heavy atom. The first kappa shape index (κ1) is 18.1. The van der Waals surface area contributed by atoms with E-state index >= 15 is 0 Å². The van der Waals surface area contributed by atoms with Gasteiger partial charge in [0.1, 0.15) is 23.1 Å². The first-order valence-corrected chi connectivity index (χ1v) is 7.97. The lowest BCUT2D eigenvalue weighted by atomic mass is 10.2. The topological polar surface area (TPSA) is 31.4 Å². The highest BCUT2D eigenvalue weighted by atomic mass is 35.5. The van der Waals surface area contributed by atoms with Crippen LogP contribution in [0.2, 0.25) is 5.02 Å². The van der Waals surface area contributed by atoms with E-state index in [0.717, 1.165) is 11.6 Å². The molecule has 0 fully saturated rings. The number of hydrogen-bond donors (Lipinski definition) is 0. The number of ether oxygens (including phenoxy) is 2. The largest absolute Gasteiger partial charge is 0.489 e. The van der Waals surface area contributed by atoms with E-state index in [1.807, 2.05) is 30.3 Å². The Kier molecular flexibility index (Phi) is 5.32. The summed E-state index contributed by atoms with van der Waals surface area (Å²) < 4.78 is 48.9. The number of pyridine rings is 1. The lowest BCUT2D eigenvalue weighted by Crippen LogP contribution is -2.05. The predicted octanol–water partition coefficient (Wildman–Crippen LogP) is 6.13. The third-order valence-electron chi connectivity index (χ3n) is 3.42. The SMILES string of the molecule is FC(F)(F)c1cnc(Oc2ccc(OCc3ccccc3)cc2)c(Cl)c1. The number of nitrogens with zero attached hydrogens (tertiary/aromatic N) is 1. The average Bonchev–Trinajstić information content (AvgIpc) is 2.63. The Hall–Kier alpha value is -2.73. The second kappa shape index (κ2) is 7.66. The van der Waals surface area contributed by atoms with Gasteiger partial charge in [0.2, 0.25) is 5.88 Å². The molecule has 0 aliphatic rings. The lowest BCUT2D eigenvalue weighted by Gasteiger charge is -2.11. The molecule has 2 aromatic carbocycles. The summed E-state index contributed by atoms with van der Waals surface area (Å²) in [5.41, 5.74) is 0.105. The van der Waals surface area contributed by atoms with Gasteiger partial charge in [-0.1, -0.05) is 41.9 Å². The molecule has 0 amide bonds. The summed E-state index contributed by atoms with van der Waals surface area (Å²) in [4.78, 5) is 3.63. The molecule has 0 aliphatic heterocycles. The molecule has 134 valence electrons. The van der Waals surface area contributed by atoms with Crippen molar-refractivity contribution in [2.45, 2.75) is 12.8 Å². The van der Waals surface area contributed by atoms with E-state index in [9.17, 15) is 13.2 Å². The van der Waals surface area contributed by atoms with Crippen LogP contribution in [0.5, 0.6) is 17.4 Å². The highest BCUT2D eigenvalue weighted by molar-refractivity contribution is 6.31. The van der Waals surface area contributed by atoms with E-state index in [-0.39, 0.29) is 10.9 Å². The molecule has 3 aromatic rings. The van der Waals surface area contributed by atoms with Crippen LogP contribution in [-0.2, 0) is 12.8 Å². The maximum atomic E-state index is 12.6. The van der Waals surface area contributed by atoms with Crippen LogP contribution < -0.4 is 9.47 Å². The van der Waals surface area contributed by atoms with Crippen LogP contribution in [0.1, 0.15) is 11.1 Å². The molecular formula is C19H13ClF3NO2. The first-order chi connectivity index (χ1) is 12.4. The van der Waals surface area contributed by atoms with E-state index in [1.165, 1.54) is 0 Å². The van der Waals surface area contributed by atoms with E-state index < -0.39 is 11.7 Å². The molecule has 7 heteroatoms. The molecule has 0 spiro atoms. The molecule has 0 saturated carbocycles. The van der Waals surface area contributed by atoms with E-state index in [2.05, 4.69) is 4.98 Å². The highest BCUT2D eigenvalue weighted by Crippen LogP contribution is 2.34. The van der Waals surface area contributed by atoms with Crippen molar-refractivity contribution in [1.29, 1.82) is 0 Å². The van der Waals surface area contributed by atoms with Crippen LogP contribution in [0.15, 0.2) is 66.9 Å². The monoisotopic (exact) mass is 379 g/mol. The molecular weight excluding hydrogens is 367 g/mol. The van der Waals surface area contributed by atoms with Crippen molar-refractivity contribution < 1.29 is 22.6 Å². The molecule has 3 nitrogen and oxygen atoms in total. The van der Waals surface area contributed by atoms with Gasteiger partial charge >= 0.3 is 6.18 Å². The minimum atomic E-state index is -4.51. The fourth-order valence-electron chi connectivity index (χ4n) is 2.11. The zero-order valence-corrected chi connectivity index (χ0v) is 14.1. The summed E-state index contributed by atoms with van der Waals surface area (Å²) in [6, 6.07) is 17.1. The molecule has 26 heavy (non-hydrogen) atoms. The molecule has 0 aliphatic carbocycles. The van der Waals surface area contributed by atoms with E-state index in [4.69, 9.17) is 21.1 Å². The number of hydrogen-bond acceptors (Lipinski definition) is 3. The Labute approximate surface area is 153 Å². The van der Waals surface area contributed by atoms with Crippen LogP contribution in [0, 0.1) is 0 Å². The minimum Gasteiger partial charge on any atom is -0.489 e. The molecule has 0 saturated heterocycles. The molecule has 0 N–H and O–H groups in total. The van der Waals surface area contributed by atoms with Gasteiger partial charge in [-0.3, -0.25) is 0 Å². The summed E-state index contributed by atoms with van der Waals surface area (Å²) in [5.74, 6) is 0.913. The third-order valence-corrected chi connectivity index (χ3v) is 3.69. The van der Waals surface area contributed by atoms with Gasteiger partial charge in [-0.2, -0.15) is 13.2 Å². The van der Waals surface area contributed by atoms with Gasteiger partial charge in [0, 0.05) is 6.20 Å². The maximum Gasteiger partial charge on any atom is 0.417 e. The number of aromatic nitrogens is 1. The number of rotatable bonds is 5. The maximum absolute atomic E-state index is 12.6. The fourth-order valence-corrected chi connectivity index (χ4v) is 2.32. The number of benzene rings is 2. The summed E-state index contributed by atoms with van der Waals surface area (Å²) in [6.45, 7) is 0.424. The quantitative estimate of drug-likeness (QED) is 0.534. The summed E-state index contributed by atoms with van der Waals surface area (Å²) in [6.07, 6.45) is -3.83. The molecule has 0 atom stereocenters. The van der Waals surface area contributed by atoms with Crippen molar-refractivity contribution in [2.75, 3.05) is 0 Å². The number of halogens is 4. The molecule has 1 heterocycles. The van der Waals surface area contributed by atoms with Crippen LogP contribution in [0.25, 0.3) is 0 Å². The lowest BCUT2D eigenvalue weighted by molar-refractivity contribution is -0.137. The molecule has 1 aromatic heterocycles. The van der Waals surface area contributed by atoms with Crippen molar-refractivity contribution >= 4 is 11.6 Å². The van der Waals surface area contributed by atoms with Crippen molar-refractivity contribution in [3.05, 3.63) is 83.0 Å². The molecule has 0 bridgehead atoms. The van der Waals surface area contributed by atoms with Gasteiger partial charge in [-0.25, -0.2) is 4.98 Å². The van der Waals surface area contributed by atoms with Gasteiger partial charge in [-0.15, -0.1) is 0 Å². The average molecular weight is 380 g/mol. The smallest absolute Gasteiger partial charge is 0.417 e. The predicted molar refractivity (Wildman–Crippen MR) is 91.5 cm³/mol. The first-order valence-electron chi connectivity index (χ1n) is 7.59. The Balaban J connectivity index is 1.64. The second-order valence-corrected chi connectivity index (χ2v) is 5.76. The van der Waals surface area contributed by atoms with Crippen molar-refractivity contribution in [3.63, 3.8) is 0 Å². The Bertz CT molecular complexity index is 868. The summed E-state index contributed by atoms with van der Waals surface area (Å²) in [5, 5.41) is -0.218. The molecule has 0 unspecified atom stereocenters. The van der Waals surface area contributed by atoms with Crippen molar-refractivity contribution in [1.82, 2.24) is 4.98 Å². The third kappa shape index (κ3) is 4.67. The van der Waals surface area contributed by atoms with Crippen LogP contribution in [0.3, 0.4) is 0 Å². The number of alkyl halides is 3. The van der Waals surface area contributed by atoms with Gasteiger partial charge in [0.05, 0.1) is 5.56 Å². The van der Waals surface area contributed by atoms with Gasteiger partial charge < -0.3 is 9.47 Å². The zero-order valence-electron chi connectivity index (χ0n) is 13.3. The molecule has 0 radical (unpaired) electrons. The van der Waals surface area contributed by atoms with Crippen molar-refractivity contribution in [3.8, 4) is 17.4 Å².